The third kappa shape index (κ3) is 61.3. The molecule has 2 atom stereocenters. The number of hydrogen-bond donors (Lipinski definition) is 3. The van der Waals surface area contributed by atoms with Crippen LogP contribution in [-0.2, 0) is 14.3 Å². The molecule has 76 heavy (non-hydrogen) atoms. The van der Waals surface area contributed by atoms with Crippen molar-refractivity contribution in [2.45, 2.75) is 386 Å². The zero-order chi connectivity index (χ0) is 55.0. The fraction of sp³-hybridized carbons (Fsp3) is 0.886. The number of carbonyl (C=O) groups is 2. The summed E-state index contributed by atoms with van der Waals surface area (Å²) < 4.78 is 5.47. The van der Waals surface area contributed by atoms with Gasteiger partial charge >= 0.3 is 5.97 Å². The third-order valence-electron chi connectivity index (χ3n) is 15.9. The molecule has 0 aromatic carbocycles. The van der Waals surface area contributed by atoms with Gasteiger partial charge in [-0.1, -0.05) is 314 Å². The van der Waals surface area contributed by atoms with Gasteiger partial charge in [0.1, 0.15) is 0 Å². The Bertz CT molecular complexity index is 1230. The molecule has 0 aromatic rings. The van der Waals surface area contributed by atoms with Crippen molar-refractivity contribution >= 4 is 11.9 Å². The molecule has 0 spiro atoms. The fourth-order valence-electron chi connectivity index (χ4n) is 10.7. The Morgan fingerprint density at radius 2 is 0.658 bits per heavy atom. The first-order chi connectivity index (χ1) is 37.5. The first-order valence-electron chi connectivity index (χ1n) is 34.2. The van der Waals surface area contributed by atoms with Crippen LogP contribution < -0.4 is 5.32 Å². The van der Waals surface area contributed by atoms with Gasteiger partial charge in [0, 0.05) is 12.8 Å². The van der Waals surface area contributed by atoms with Crippen LogP contribution in [0.1, 0.15) is 373 Å². The zero-order valence-corrected chi connectivity index (χ0v) is 51.3. The van der Waals surface area contributed by atoms with Crippen molar-refractivity contribution < 1.29 is 24.5 Å². The van der Waals surface area contributed by atoms with Crippen LogP contribution >= 0.6 is 0 Å². The molecule has 0 bridgehead atoms. The summed E-state index contributed by atoms with van der Waals surface area (Å²) >= 11 is 0. The predicted molar refractivity (Wildman–Crippen MR) is 333 cm³/mol. The first kappa shape index (κ1) is 74.1. The van der Waals surface area contributed by atoms with Crippen LogP contribution in [0.3, 0.4) is 0 Å². The van der Waals surface area contributed by atoms with Gasteiger partial charge in [0.05, 0.1) is 25.4 Å². The summed E-state index contributed by atoms with van der Waals surface area (Å²) in [7, 11) is 0. The highest BCUT2D eigenvalue weighted by Crippen LogP contribution is 2.18. The maximum Gasteiger partial charge on any atom is 0.305 e. The maximum atomic E-state index is 12.5. The quantitative estimate of drug-likeness (QED) is 0.0320. The van der Waals surface area contributed by atoms with E-state index in [9.17, 15) is 19.8 Å². The molecule has 6 nitrogen and oxygen atoms in total. The SMILES string of the molecule is CCCCCC/C=C\CCCCCCCC(=O)OCCCCCCCCCCC/C=C\C/C=C\CCCCCCCCCCCCCC(=O)NC(CO)C(O)CCCCCCCCCCCCCCCCCCCCC. The normalized spacial score (nSPS) is 12.7. The molecule has 0 saturated heterocycles. The minimum atomic E-state index is -0.667. The molecule has 0 heterocycles. The number of allylic oxidation sites excluding steroid dienone is 6. The van der Waals surface area contributed by atoms with E-state index < -0.39 is 12.1 Å². The highest BCUT2D eigenvalue weighted by atomic mass is 16.5. The second-order valence-electron chi connectivity index (χ2n) is 23.5. The largest absolute Gasteiger partial charge is 0.466 e. The van der Waals surface area contributed by atoms with E-state index in [-0.39, 0.29) is 18.5 Å². The van der Waals surface area contributed by atoms with Gasteiger partial charge in [-0.15, -0.1) is 0 Å². The topological polar surface area (TPSA) is 95.9 Å². The molecule has 1 amide bonds. The Kier molecular flexibility index (Phi) is 63.9. The molecule has 0 rings (SSSR count). The summed E-state index contributed by atoms with van der Waals surface area (Å²) in [5.74, 6) is -0.0332. The van der Waals surface area contributed by atoms with Crippen LogP contribution in [0.5, 0.6) is 0 Å². The Hall–Kier alpha value is -1.92. The summed E-state index contributed by atoms with van der Waals surface area (Å²) in [5, 5.41) is 23.4. The minimum Gasteiger partial charge on any atom is -0.466 e. The molecule has 0 aliphatic heterocycles. The molecule has 0 aliphatic carbocycles. The highest BCUT2D eigenvalue weighted by molar-refractivity contribution is 5.76. The lowest BCUT2D eigenvalue weighted by molar-refractivity contribution is -0.143. The van der Waals surface area contributed by atoms with E-state index >= 15 is 0 Å². The number of nitrogens with one attached hydrogen (secondary N) is 1. The van der Waals surface area contributed by atoms with Crippen molar-refractivity contribution in [2.75, 3.05) is 13.2 Å². The van der Waals surface area contributed by atoms with Gasteiger partial charge in [0.15, 0.2) is 0 Å². The van der Waals surface area contributed by atoms with Crippen LogP contribution in [0, 0.1) is 0 Å². The Morgan fingerprint density at radius 3 is 1.03 bits per heavy atom. The van der Waals surface area contributed by atoms with Gasteiger partial charge in [0.2, 0.25) is 5.91 Å². The summed E-state index contributed by atoms with van der Waals surface area (Å²) in [6.45, 7) is 4.96. The lowest BCUT2D eigenvalue weighted by atomic mass is 10.0. The molecule has 0 aliphatic rings. The number of carbonyl (C=O) groups excluding carboxylic acids is 2. The Balaban J connectivity index is 3.42. The summed E-state index contributed by atoms with van der Waals surface area (Å²) in [6, 6.07) is -0.545. The smallest absolute Gasteiger partial charge is 0.305 e. The molecular weight excluding hydrogens is 935 g/mol. The van der Waals surface area contributed by atoms with Crippen molar-refractivity contribution in [3.8, 4) is 0 Å². The van der Waals surface area contributed by atoms with Gasteiger partial charge in [-0.3, -0.25) is 9.59 Å². The van der Waals surface area contributed by atoms with E-state index in [1.165, 1.54) is 289 Å². The van der Waals surface area contributed by atoms with Gasteiger partial charge in [-0.2, -0.15) is 0 Å². The van der Waals surface area contributed by atoms with E-state index in [1.807, 2.05) is 0 Å². The van der Waals surface area contributed by atoms with Crippen LogP contribution in [0.2, 0.25) is 0 Å². The van der Waals surface area contributed by atoms with E-state index in [4.69, 9.17) is 4.74 Å². The number of aliphatic hydroxyl groups is 2. The number of rotatable bonds is 64. The van der Waals surface area contributed by atoms with Crippen LogP contribution in [0.25, 0.3) is 0 Å². The summed E-state index contributed by atoms with van der Waals surface area (Å²) in [5.41, 5.74) is 0. The van der Waals surface area contributed by atoms with Gasteiger partial charge in [0.25, 0.3) is 0 Å². The van der Waals surface area contributed by atoms with E-state index in [0.717, 1.165) is 51.4 Å². The van der Waals surface area contributed by atoms with E-state index in [0.29, 0.717) is 25.9 Å². The maximum absolute atomic E-state index is 12.5. The average molecular weight is 1070 g/mol. The standard InChI is InChI=1S/C70H133NO5/c1-3-5-7-9-11-13-15-17-18-19-29-32-35-39-42-46-50-54-58-62-68(73)67(66-72)71-69(74)63-59-55-51-47-43-40-36-33-30-27-25-23-21-20-22-24-26-28-31-34-37-41-45-49-53-57-61-65-76-70(75)64-60-56-52-48-44-38-16-14-12-10-8-6-4-2/h14,16,20-21,24,26,67-68,72-73H,3-13,15,17-19,22-23,25,27-66H2,1-2H3,(H,71,74)/b16-14-,21-20-,26-24-. The highest BCUT2D eigenvalue weighted by Gasteiger charge is 2.20. The minimum absolute atomic E-state index is 0.00168. The molecule has 6 heteroatoms. The predicted octanol–water partition coefficient (Wildman–Crippen LogP) is 21.9. The van der Waals surface area contributed by atoms with Crippen molar-refractivity contribution in [3.05, 3.63) is 36.5 Å². The molecule has 0 radical (unpaired) electrons. The molecule has 0 fully saturated rings. The van der Waals surface area contributed by atoms with E-state index in [1.54, 1.807) is 0 Å². The van der Waals surface area contributed by atoms with Crippen molar-refractivity contribution in [1.29, 1.82) is 0 Å². The first-order valence-corrected chi connectivity index (χ1v) is 34.2. The number of ether oxygens (including phenoxy) is 1. The third-order valence-corrected chi connectivity index (χ3v) is 15.9. The lowest BCUT2D eigenvalue weighted by Crippen LogP contribution is -2.45. The molecule has 0 aromatic heterocycles. The average Bonchev–Trinajstić information content (AvgIpc) is 3.42. The monoisotopic (exact) mass is 1070 g/mol. The van der Waals surface area contributed by atoms with E-state index in [2.05, 4.69) is 55.6 Å². The molecule has 3 N–H and O–H groups in total. The van der Waals surface area contributed by atoms with Crippen LogP contribution in [0.15, 0.2) is 36.5 Å². The van der Waals surface area contributed by atoms with Crippen molar-refractivity contribution in [2.24, 2.45) is 0 Å². The molecular formula is C70H133NO5. The van der Waals surface area contributed by atoms with Gasteiger partial charge < -0.3 is 20.3 Å². The number of unbranched alkanes of at least 4 members (excludes halogenated alkanes) is 47. The van der Waals surface area contributed by atoms with Gasteiger partial charge in [-0.25, -0.2) is 0 Å². The number of aliphatic hydroxyl groups excluding tert-OH is 2. The van der Waals surface area contributed by atoms with Crippen LogP contribution in [-0.4, -0.2) is 47.4 Å². The fourth-order valence-corrected chi connectivity index (χ4v) is 10.7. The zero-order valence-electron chi connectivity index (χ0n) is 51.3. The van der Waals surface area contributed by atoms with Crippen LogP contribution in [0.4, 0.5) is 0 Å². The van der Waals surface area contributed by atoms with Gasteiger partial charge in [-0.05, 0) is 83.5 Å². The molecule has 0 saturated carbocycles. The Morgan fingerprint density at radius 1 is 0.368 bits per heavy atom. The second-order valence-corrected chi connectivity index (χ2v) is 23.5. The number of amides is 1. The molecule has 448 valence electrons. The lowest BCUT2D eigenvalue weighted by Gasteiger charge is -2.22. The van der Waals surface area contributed by atoms with Crippen molar-refractivity contribution in [1.82, 2.24) is 5.32 Å². The Labute approximate surface area is 474 Å². The van der Waals surface area contributed by atoms with Crippen molar-refractivity contribution in [3.63, 3.8) is 0 Å². The summed E-state index contributed by atoms with van der Waals surface area (Å²) in [6.07, 6.45) is 83.2. The number of hydrogen-bond acceptors (Lipinski definition) is 5. The summed E-state index contributed by atoms with van der Waals surface area (Å²) in [4.78, 5) is 24.6. The second kappa shape index (κ2) is 65.6. The molecule has 2 unspecified atom stereocenters. The number of esters is 1.